The Morgan fingerprint density at radius 1 is 1.00 bits per heavy atom. The van der Waals surface area contributed by atoms with Gasteiger partial charge < -0.3 is 24.6 Å². The van der Waals surface area contributed by atoms with Crippen LogP contribution in [0.3, 0.4) is 0 Å². The summed E-state index contributed by atoms with van der Waals surface area (Å²) in [5.74, 6) is -0.286. The Hall–Kier alpha value is -3.32. The maximum atomic E-state index is 12.1. The molecule has 1 amide bonds. The van der Waals surface area contributed by atoms with Gasteiger partial charge in [0.15, 0.2) is 6.61 Å². The van der Waals surface area contributed by atoms with Crippen LogP contribution in [0, 0.1) is 0 Å². The molecular formula is C25H31N3O4. The summed E-state index contributed by atoms with van der Waals surface area (Å²) in [5.41, 5.74) is 2.58. The van der Waals surface area contributed by atoms with Crippen molar-refractivity contribution in [2.24, 2.45) is 0 Å². The fourth-order valence-corrected chi connectivity index (χ4v) is 3.52. The summed E-state index contributed by atoms with van der Waals surface area (Å²) in [7, 11) is 0. The Kier molecular flexibility index (Phi) is 8.69. The molecule has 7 nitrogen and oxygen atoms in total. The highest BCUT2D eigenvalue weighted by molar-refractivity contribution is 5.94. The van der Waals surface area contributed by atoms with Crippen molar-refractivity contribution in [2.75, 3.05) is 56.2 Å². The standard InChI is InChI=1S/C25H31N3O4/c1-3-27-15-17-28(18-16-27)22-12-10-21(11-13-22)26-24(29)19-32-25(30)14-9-20-7-5-6-8-23(20)31-4-2/h5-14H,3-4,15-19H2,1-2H3,(H,26,29)/b14-9+. The van der Waals surface area contributed by atoms with Gasteiger partial charge in [-0.15, -0.1) is 0 Å². The average molecular weight is 438 g/mol. The summed E-state index contributed by atoms with van der Waals surface area (Å²) in [6.45, 7) is 9.47. The predicted octanol–water partition coefficient (Wildman–Crippen LogP) is 3.42. The van der Waals surface area contributed by atoms with E-state index in [1.807, 2.05) is 55.5 Å². The fraction of sp³-hybridized carbons (Fsp3) is 0.360. The molecule has 1 N–H and O–H groups in total. The molecule has 0 aliphatic carbocycles. The third-order valence-corrected chi connectivity index (χ3v) is 5.30. The lowest BCUT2D eigenvalue weighted by molar-refractivity contribution is -0.142. The second-order valence-corrected chi connectivity index (χ2v) is 7.43. The molecule has 32 heavy (non-hydrogen) atoms. The fourth-order valence-electron chi connectivity index (χ4n) is 3.52. The van der Waals surface area contributed by atoms with E-state index >= 15 is 0 Å². The van der Waals surface area contributed by atoms with E-state index < -0.39 is 5.97 Å². The Morgan fingerprint density at radius 2 is 1.72 bits per heavy atom. The molecule has 0 radical (unpaired) electrons. The highest BCUT2D eigenvalue weighted by Gasteiger charge is 2.15. The summed E-state index contributed by atoms with van der Waals surface area (Å²) in [6, 6.07) is 15.1. The number of benzene rings is 2. The molecule has 1 aliphatic rings. The van der Waals surface area contributed by atoms with Gasteiger partial charge in [0.05, 0.1) is 6.61 Å². The normalized spacial score (nSPS) is 14.4. The molecule has 0 bridgehead atoms. The molecule has 0 aromatic heterocycles. The summed E-state index contributed by atoms with van der Waals surface area (Å²) in [5, 5.41) is 2.76. The quantitative estimate of drug-likeness (QED) is 0.479. The van der Waals surface area contributed by atoms with E-state index in [1.165, 1.54) is 6.08 Å². The van der Waals surface area contributed by atoms with Crippen molar-refractivity contribution in [1.82, 2.24) is 4.90 Å². The van der Waals surface area contributed by atoms with Crippen LogP contribution >= 0.6 is 0 Å². The van der Waals surface area contributed by atoms with Crippen LogP contribution in [-0.2, 0) is 14.3 Å². The maximum absolute atomic E-state index is 12.1. The number of likely N-dealkylation sites (N-methyl/N-ethyl adjacent to an activating group) is 1. The zero-order chi connectivity index (χ0) is 22.8. The van der Waals surface area contributed by atoms with Crippen LogP contribution in [0.1, 0.15) is 19.4 Å². The zero-order valence-corrected chi connectivity index (χ0v) is 18.8. The second-order valence-electron chi connectivity index (χ2n) is 7.43. The Bertz CT molecular complexity index is 919. The topological polar surface area (TPSA) is 71.1 Å². The lowest BCUT2D eigenvalue weighted by Crippen LogP contribution is -2.46. The first-order valence-corrected chi connectivity index (χ1v) is 11.0. The molecule has 1 aliphatic heterocycles. The van der Waals surface area contributed by atoms with Crippen molar-refractivity contribution < 1.29 is 19.1 Å². The van der Waals surface area contributed by atoms with Gasteiger partial charge in [-0.1, -0.05) is 25.1 Å². The van der Waals surface area contributed by atoms with Crippen molar-refractivity contribution in [1.29, 1.82) is 0 Å². The number of piperazine rings is 1. The molecule has 1 heterocycles. The lowest BCUT2D eigenvalue weighted by atomic mass is 10.2. The van der Waals surface area contributed by atoms with Gasteiger partial charge in [0, 0.05) is 49.2 Å². The Labute approximate surface area is 189 Å². The summed E-state index contributed by atoms with van der Waals surface area (Å²) in [6.07, 6.45) is 2.91. The van der Waals surface area contributed by atoms with Gasteiger partial charge in [-0.2, -0.15) is 0 Å². The summed E-state index contributed by atoms with van der Waals surface area (Å²) in [4.78, 5) is 28.9. The van der Waals surface area contributed by atoms with Gasteiger partial charge in [-0.3, -0.25) is 4.79 Å². The molecule has 1 fully saturated rings. The smallest absolute Gasteiger partial charge is 0.331 e. The van der Waals surface area contributed by atoms with Crippen molar-refractivity contribution in [2.45, 2.75) is 13.8 Å². The first kappa shape index (κ1) is 23.3. The molecule has 0 unspecified atom stereocenters. The van der Waals surface area contributed by atoms with Gasteiger partial charge in [0.2, 0.25) is 0 Å². The first-order valence-electron chi connectivity index (χ1n) is 11.0. The molecule has 7 heteroatoms. The molecule has 3 rings (SSSR count). The minimum Gasteiger partial charge on any atom is -0.493 e. The molecule has 0 spiro atoms. The summed E-state index contributed by atoms with van der Waals surface area (Å²) < 4.78 is 10.6. The third kappa shape index (κ3) is 6.85. The Morgan fingerprint density at radius 3 is 2.41 bits per heavy atom. The maximum Gasteiger partial charge on any atom is 0.331 e. The highest BCUT2D eigenvalue weighted by Crippen LogP contribution is 2.20. The van der Waals surface area contributed by atoms with E-state index in [0.717, 1.165) is 44.0 Å². The van der Waals surface area contributed by atoms with Crippen LogP contribution in [0.2, 0.25) is 0 Å². The third-order valence-electron chi connectivity index (χ3n) is 5.30. The highest BCUT2D eigenvalue weighted by atomic mass is 16.5. The molecular weight excluding hydrogens is 406 g/mol. The number of amides is 1. The number of para-hydroxylation sites is 1. The van der Waals surface area contributed by atoms with Crippen LogP contribution < -0.4 is 15.0 Å². The van der Waals surface area contributed by atoms with E-state index in [0.29, 0.717) is 18.0 Å². The monoisotopic (exact) mass is 437 g/mol. The van der Waals surface area contributed by atoms with Crippen LogP contribution in [0.5, 0.6) is 5.75 Å². The van der Waals surface area contributed by atoms with E-state index in [9.17, 15) is 9.59 Å². The number of carbonyl (C=O) groups is 2. The van der Waals surface area contributed by atoms with Crippen molar-refractivity contribution >= 4 is 29.3 Å². The van der Waals surface area contributed by atoms with E-state index in [2.05, 4.69) is 22.0 Å². The molecule has 0 atom stereocenters. The van der Waals surface area contributed by atoms with Gasteiger partial charge in [-0.25, -0.2) is 4.79 Å². The van der Waals surface area contributed by atoms with Crippen molar-refractivity contribution in [3.05, 3.63) is 60.2 Å². The van der Waals surface area contributed by atoms with Crippen molar-refractivity contribution in [3.8, 4) is 5.75 Å². The summed E-state index contributed by atoms with van der Waals surface area (Å²) >= 11 is 0. The largest absolute Gasteiger partial charge is 0.493 e. The van der Waals surface area contributed by atoms with Crippen LogP contribution in [-0.4, -0.2) is 62.7 Å². The average Bonchev–Trinajstić information content (AvgIpc) is 2.83. The number of esters is 1. The number of nitrogens with zero attached hydrogens (tertiary/aromatic N) is 2. The minimum absolute atomic E-state index is 0.350. The number of hydrogen-bond donors (Lipinski definition) is 1. The van der Waals surface area contributed by atoms with Gasteiger partial charge in [0.25, 0.3) is 5.91 Å². The molecule has 0 saturated carbocycles. The van der Waals surface area contributed by atoms with Crippen molar-refractivity contribution in [3.63, 3.8) is 0 Å². The lowest BCUT2D eigenvalue weighted by Gasteiger charge is -2.35. The molecule has 170 valence electrons. The number of nitrogens with one attached hydrogen (secondary N) is 1. The van der Waals surface area contributed by atoms with E-state index in [-0.39, 0.29) is 12.5 Å². The number of carbonyl (C=O) groups excluding carboxylic acids is 2. The number of rotatable bonds is 9. The number of hydrogen-bond acceptors (Lipinski definition) is 6. The van der Waals surface area contributed by atoms with E-state index in [4.69, 9.17) is 9.47 Å². The van der Waals surface area contributed by atoms with E-state index in [1.54, 1.807) is 6.08 Å². The van der Waals surface area contributed by atoms with Crippen LogP contribution in [0.4, 0.5) is 11.4 Å². The second kappa shape index (κ2) is 11.9. The van der Waals surface area contributed by atoms with Gasteiger partial charge >= 0.3 is 5.97 Å². The van der Waals surface area contributed by atoms with Crippen LogP contribution in [0.25, 0.3) is 6.08 Å². The Balaban J connectivity index is 1.44. The van der Waals surface area contributed by atoms with Gasteiger partial charge in [0.1, 0.15) is 5.75 Å². The SMILES string of the molecule is CCOc1ccccc1/C=C/C(=O)OCC(=O)Nc1ccc(N2CCN(CC)CC2)cc1. The minimum atomic E-state index is -0.590. The molecule has 2 aromatic rings. The molecule has 2 aromatic carbocycles. The van der Waals surface area contributed by atoms with Gasteiger partial charge in [-0.05, 0) is 49.9 Å². The number of anilines is 2. The number of ether oxygens (including phenoxy) is 2. The first-order chi connectivity index (χ1) is 15.6. The molecule has 1 saturated heterocycles. The van der Waals surface area contributed by atoms with Crippen LogP contribution in [0.15, 0.2) is 54.6 Å². The zero-order valence-electron chi connectivity index (χ0n) is 18.8. The predicted molar refractivity (Wildman–Crippen MR) is 127 cm³/mol.